The quantitative estimate of drug-likeness (QED) is 0.209. The van der Waals surface area contributed by atoms with Crippen molar-refractivity contribution >= 4 is 46.6 Å². The molecule has 0 spiro atoms. The molecule has 0 radical (unpaired) electrons. The van der Waals surface area contributed by atoms with Crippen molar-refractivity contribution in [2.24, 2.45) is 0 Å². The summed E-state index contributed by atoms with van der Waals surface area (Å²) in [5.41, 5.74) is 0.647. The van der Waals surface area contributed by atoms with Crippen molar-refractivity contribution in [3.05, 3.63) is 85.9 Å². The molecule has 2 aliphatic rings. The number of benzene rings is 2. The Morgan fingerprint density at radius 1 is 1.09 bits per heavy atom. The molecule has 4 aromatic rings. The van der Waals surface area contributed by atoms with Gasteiger partial charge in [-0.25, -0.2) is 13.9 Å². The minimum absolute atomic E-state index is 0.0337. The summed E-state index contributed by atoms with van der Waals surface area (Å²) in [7, 11) is 1.41. The monoisotopic (exact) mass is 661 g/mol. The molecular weight excluding hydrogens is 636 g/mol. The van der Waals surface area contributed by atoms with E-state index in [-0.39, 0.29) is 53.1 Å². The third kappa shape index (κ3) is 5.89. The number of aromatic nitrogens is 4. The lowest BCUT2D eigenvalue weighted by Gasteiger charge is -2.39. The Labute approximate surface area is 266 Å². The first kappa shape index (κ1) is 30.4. The van der Waals surface area contributed by atoms with Gasteiger partial charge in [-0.2, -0.15) is 4.98 Å². The highest BCUT2D eigenvalue weighted by Crippen LogP contribution is 2.43. The number of anilines is 1. The molecule has 0 amide bonds. The van der Waals surface area contributed by atoms with Gasteiger partial charge in [0.05, 0.1) is 39.0 Å². The van der Waals surface area contributed by atoms with Gasteiger partial charge in [-0.15, -0.1) is 5.10 Å². The number of pyridine rings is 1. The van der Waals surface area contributed by atoms with Crippen LogP contribution >= 0.6 is 34.8 Å². The zero-order chi connectivity index (χ0) is 31.2. The number of carbonyl (C=O) groups is 1. The summed E-state index contributed by atoms with van der Waals surface area (Å²) >= 11 is 19.5. The van der Waals surface area contributed by atoms with E-state index in [1.165, 1.54) is 36.1 Å². The fraction of sp³-hybridized carbons (Fsp3) is 0.333. The molecule has 14 heteroatoms. The van der Waals surface area contributed by atoms with E-state index in [4.69, 9.17) is 44.3 Å². The SMILES string of the molecule is COc1cc(C(=O)O)cc(N2CCC(O)(c3cc(F)c(OCc4c(C5CC5)nnn4-c4c(Cl)cccc4Cl)cc3Cl)CC2)n1. The first-order valence-electron chi connectivity index (χ1n) is 13.9. The van der Waals surface area contributed by atoms with Crippen LogP contribution in [0.1, 0.15) is 58.9 Å². The maximum atomic E-state index is 15.5. The Hall–Kier alpha value is -3.64. The van der Waals surface area contributed by atoms with Crippen LogP contribution in [-0.2, 0) is 12.2 Å². The van der Waals surface area contributed by atoms with Gasteiger partial charge in [0.2, 0.25) is 5.88 Å². The molecule has 1 aliphatic carbocycles. The van der Waals surface area contributed by atoms with Crippen molar-refractivity contribution in [1.82, 2.24) is 20.0 Å². The molecule has 3 heterocycles. The number of hydrogen-bond donors (Lipinski definition) is 2. The van der Waals surface area contributed by atoms with Crippen LogP contribution in [0, 0.1) is 5.82 Å². The van der Waals surface area contributed by atoms with E-state index in [0.29, 0.717) is 40.3 Å². The maximum Gasteiger partial charge on any atom is 0.336 e. The average molecular weight is 663 g/mol. The van der Waals surface area contributed by atoms with Crippen molar-refractivity contribution in [1.29, 1.82) is 0 Å². The molecule has 230 valence electrons. The second-order valence-corrected chi connectivity index (χ2v) is 12.0. The van der Waals surface area contributed by atoms with E-state index in [0.717, 1.165) is 18.5 Å². The lowest BCUT2D eigenvalue weighted by molar-refractivity contribution is 0.0114. The average Bonchev–Trinajstić information content (AvgIpc) is 3.77. The van der Waals surface area contributed by atoms with Crippen LogP contribution in [0.4, 0.5) is 10.2 Å². The molecule has 1 aliphatic heterocycles. The van der Waals surface area contributed by atoms with Gasteiger partial charge >= 0.3 is 5.97 Å². The van der Waals surface area contributed by atoms with Gasteiger partial charge in [0, 0.05) is 36.7 Å². The molecule has 6 rings (SSSR count). The number of carboxylic acids is 1. The highest BCUT2D eigenvalue weighted by molar-refractivity contribution is 6.37. The Morgan fingerprint density at radius 2 is 1.80 bits per heavy atom. The van der Waals surface area contributed by atoms with E-state index in [1.807, 2.05) is 4.90 Å². The number of halogens is 4. The zero-order valence-corrected chi connectivity index (χ0v) is 25.7. The predicted octanol–water partition coefficient (Wildman–Crippen LogP) is 6.41. The van der Waals surface area contributed by atoms with Crippen LogP contribution in [0.25, 0.3) is 5.69 Å². The first-order chi connectivity index (χ1) is 21.1. The van der Waals surface area contributed by atoms with E-state index < -0.39 is 17.4 Å². The molecule has 2 N–H and O–H groups in total. The number of methoxy groups -OCH3 is 1. The van der Waals surface area contributed by atoms with Crippen molar-refractivity contribution < 1.29 is 28.9 Å². The number of piperidine rings is 1. The third-order valence-corrected chi connectivity index (χ3v) is 8.88. The summed E-state index contributed by atoms with van der Waals surface area (Å²) in [5.74, 6) is -1.10. The highest BCUT2D eigenvalue weighted by atomic mass is 35.5. The number of rotatable bonds is 9. The molecule has 2 fully saturated rings. The number of aliphatic hydroxyl groups is 1. The van der Waals surface area contributed by atoms with Gasteiger partial charge in [-0.3, -0.25) is 0 Å². The van der Waals surface area contributed by atoms with E-state index in [1.54, 1.807) is 18.2 Å². The van der Waals surface area contributed by atoms with Gasteiger partial charge in [0.1, 0.15) is 23.8 Å². The van der Waals surface area contributed by atoms with Gasteiger partial charge < -0.3 is 24.6 Å². The number of ether oxygens (including phenoxy) is 2. The Morgan fingerprint density at radius 3 is 2.43 bits per heavy atom. The zero-order valence-electron chi connectivity index (χ0n) is 23.4. The number of nitrogens with zero attached hydrogens (tertiary/aromatic N) is 5. The molecule has 0 bridgehead atoms. The number of aromatic carboxylic acids is 1. The van der Waals surface area contributed by atoms with Gasteiger partial charge in [0.25, 0.3) is 0 Å². The molecule has 2 aromatic heterocycles. The highest BCUT2D eigenvalue weighted by Gasteiger charge is 2.37. The Kier molecular flexibility index (Phi) is 8.31. The van der Waals surface area contributed by atoms with Crippen LogP contribution in [0.3, 0.4) is 0 Å². The normalized spacial score (nSPS) is 16.2. The summed E-state index contributed by atoms with van der Waals surface area (Å²) in [5, 5.41) is 30.5. The number of hydrogen-bond acceptors (Lipinski definition) is 8. The Balaban J connectivity index is 1.21. The molecule has 1 saturated carbocycles. The van der Waals surface area contributed by atoms with Crippen LogP contribution in [-0.4, -0.2) is 56.4 Å². The second kappa shape index (κ2) is 12.0. The maximum absolute atomic E-state index is 15.5. The molecular formula is C30H27Cl3FN5O5. The smallest absolute Gasteiger partial charge is 0.336 e. The molecule has 2 aromatic carbocycles. The summed E-state index contributed by atoms with van der Waals surface area (Å²) in [6.07, 6.45) is 2.31. The number of para-hydroxylation sites is 1. The third-order valence-electron chi connectivity index (χ3n) is 7.95. The van der Waals surface area contributed by atoms with E-state index >= 15 is 4.39 Å². The van der Waals surface area contributed by atoms with Crippen LogP contribution < -0.4 is 14.4 Å². The number of carboxylic acid groups (broad SMARTS) is 1. The van der Waals surface area contributed by atoms with Crippen molar-refractivity contribution in [2.75, 3.05) is 25.1 Å². The summed E-state index contributed by atoms with van der Waals surface area (Å²) in [6, 6.07) is 10.4. The minimum Gasteiger partial charge on any atom is -0.484 e. The molecule has 10 nitrogen and oxygen atoms in total. The lowest BCUT2D eigenvalue weighted by Crippen LogP contribution is -2.43. The molecule has 0 atom stereocenters. The largest absolute Gasteiger partial charge is 0.484 e. The topological polar surface area (TPSA) is 123 Å². The second-order valence-electron chi connectivity index (χ2n) is 10.8. The van der Waals surface area contributed by atoms with Gasteiger partial charge in [-0.1, -0.05) is 46.1 Å². The molecule has 44 heavy (non-hydrogen) atoms. The fourth-order valence-electron chi connectivity index (χ4n) is 5.39. The van der Waals surface area contributed by atoms with Crippen LogP contribution in [0.2, 0.25) is 15.1 Å². The molecule has 1 saturated heterocycles. The van der Waals surface area contributed by atoms with E-state index in [9.17, 15) is 15.0 Å². The summed E-state index contributed by atoms with van der Waals surface area (Å²) in [6.45, 7) is 0.563. The molecule has 0 unspecified atom stereocenters. The summed E-state index contributed by atoms with van der Waals surface area (Å²) in [4.78, 5) is 17.7. The van der Waals surface area contributed by atoms with Gasteiger partial charge in [0.15, 0.2) is 11.6 Å². The predicted molar refractivity (Wildman–Crippen MR) is 162 cm³/mol. The first-order valence-corrected chi connectivity index (χ1v) is 15.0. The van der Waals surface area contributed by atoms with Crippen molar-refractivity contribution in [3.63, 3.8) is 0 Å². The Bertz CT molecular complexity index is 1720. The van der Waals surface area contributed by atoms with E-state index in [2.05, 4.69) is 15.3 Å². The van der Waals surface area contributed by atoms with Crippen molar-refractivity contribution in [3.8, 4) is 17.3 Å². The standard InChI is InChI=1S/C30H27Cl3FN5O5/c1-43-26-12-17(29(40)41)11-25(35-26)38-9-7-30(42,8-10-38)18-13-22(34)24(14-21(18)33)44-15-23-27(16-5-6-16)36-37-39(23)28-19(31)3-2-4-20(28)32/h2-4,11-14,16,42H,5-10,15H2,1H3,(H,40,41). The minimum atomic E-state index is -1.43. The van der Waals surface area contributed by atoms with Gasteiger partial charge in [-0.05, 0) is 49.9 Å². The van der Waals surface area contributed by atoms with Crippen molar-refractivity contribution in [2.45, 2.75) is 43.8 Å². The lowest BCUT2D eigenvalue weighted by atomic mass is 9.84. The van der Waals surface area contributed by atoms with Crippen LogP contribution in [0.5, 0.6) is 11.6 Å². The van der Waals surface area contributed by atoms with Crippen LogP contribution in [0.15, 0.2) is 42.5 Å². The summed E-state index contributed by atoms with van der Waals surface area (Å²) < 4.78 is 28.1. The fourth-order valence-corrected chi connectivity index (χ4v) is 6.28.